The first-order chi connectivity index (χ1) is 11.8. The highest BCUT2D eigenvalue weighted by Crippen LogP contribution is 2.31. The summed E-state index contributed by atoms with van der Waals surface area (Å²) in [5, 5.41) is 0. The van der Waals surface area contributed by atoms with Crippen molar-refractivity contribution >= 4 is 31.4 Å². The quantitative estimate of drug-likeness (QED) is 0.795. The van der Waals surface area contributed by atoms with Gasteiger partial charge in [0.15, 0.2) is 0 Å². The Morgan fingerprint density at radius 1 is 0.923 bits per heavy atom. The van der Waals surface area contributed by atoms with Gasteiger partial charge in [0, 0.05) is 0 Å². The van der Waals surface area contributed by atoms with Gasteiger partial charge in [0.2, 0.25) is 10.0 Å². The molecule has 11 heteroatoms. The number of hydrogen-bond acceptors (Lipinski definition) is 4. The van der Waals surface area contributed by atoms with E-state index in [1.54, 1.807) is 6.92 Å². The second-order valence-electron chi connectivity index (χ2n) is 5.54. The van der Waals surface area contributed by atoms with E-state index in [0.29, 0.717) is 11.6 Å². The van der Waals surface area contributed by atoms with Crippen molar-refractivity contribution in [3.63, 3.8) is 0 Å². The molecule has 0 aliphatic rings. The lowest BCUT2D eigenvalue weighted by Crippen LogP contribution is -2.15. The van der Waals surface area contributed by atoms with Crippen LogP contribution in [0.2, 0.25) is 0 Å². The Morgan fingerprint density at radius 2 is 1.58 bits per heavy atom. The molecule has 0 amide bonds. The molecular weight excluding hydrogens is 393 g/mol. The standard InChI is InChI=1S/C15H15F3N2O4S2/c1-10-6-7-12(9-14(10)20-25(2,21)22)19-26(23,24)13-5-3-4-11(8-13)15(16,17)18/h3-9,19-20H,1-2H3. The molecule has 0 radical (unpaired) electrons. The fourth-order valence-electron chi connectivity index (χ4n) is 2.05. The number of benzene rings is 2. The fraction of sp³-hybridized carbons (Fsp3) is 0.200. The van der Waals surface area contributed by atoms with Crippen LogP contribution >= 0.6 is 0 Å². The van der Waals surface area contributed by atoms with Crippen LogP contribution in [-0.2, 0) is 26.2 Å². The first-order valence-corrected chi connectivity index (χ1v) is 10.4. The predicted octanol–water partition coefficient (Wildman–Crippen LogP) is 3.19. The third-order valence-corrected chi connectivity index (χ3v) is 5.23. The van der Waals surface area contributed by atoms with Crippen molar-refractivity contribution in [1.29, 1.82) is 0 Å². The summed E-state index contributed by atoms with van der Waals surface area (Å²) in [5.41, 5.74) is -0.406. The van der Waals surface area contributed by atoms with Gasteiger partial charge in [-0.05, 0) is 42.8 Å². The summed E-state index contributed by atoms with van der Waals surface area (Å²) in [6, 6.07) is 7.38. The Labute approximate surface area is 149 Å². The summed E-state index contributed by atoms with van der Waals surface area (Å²) in [4.78, 5) is -0.564. The van der Waals surface area contributed by atoms with Crippen LogP contribution < -0.4 is 9.44 Å². The van der Waals surface area contributed by atoms with Crippen LogP contribution in [0.3, 0.4) is 0 Å². The van der Waals surface area contributed by atoms with Gasteiger partial charge in [0.25, 0.3) is 10.0 Å². The molecule has 0 unspecified atom stereocenters. The van der Waals surface area contributed by atoms with Gasteiger partial charge in [-0.3, -0.25) is 9.44 Å². The topological polar surface area (TPSA) is 92.3 Å². The fourth-order valence-corrected chi connectivity index (χ4v) is 3.76. The molecule has 2 aromatic carbocycles. The zero-order chi connectivity index (χ0) is 19.8. The van der Waals surface area contributed by atoms with Crippen molar-refractivity contribution in [3.8, 4) is 0 Å². The van der Waals surface area contributed by atoms with E-state index >= 15 is 0 Å². The lowest BCUT2D eigenvalue weighted by molar-refractivity contribution is -0.137. The number of aryl methyl sites for hydroxylation is 1. The molecule has 0 heterocycles. The van der Waals surface area contributed by atoms with E-state index < -0.39 is 36.7 Å². The number of nitrogens with one attached hydrogen (secondary N) is 2. The number of alkyl halides is 3. The molecular formula is C15H15F3N2O4S2. The molecule has 2 N–H and O–H groups in total. The molecule has 0 bridgehead atoms. The smallest absolute Gasteiger partial charge is 0.283 e. The number of anilines is 2. The second-order valence-corrected chi connectivity index (χ2v) is 8.97. The van der Waals surface area contributed by atoms with Gasteiger partial charge in [0.1, 0.15) is 0 Å². The number of rotatable bonds is 5. The minimum atomic E-state index is -4.68. The minimum Gasteiger partial charge on any atom is -0.283 e. The third-order valence-electron chi connectivity index (χ3n) is 3.26. The van der Waals surface area contributed by atoms with E-state index in [1.165, 1.54) is 18.2 Å². The molecule has 0 saturated carbocycles. The second kappa shape index (κ2) is 6.80. The normalized spacial score (nSPS) is 12.7. The molecule has 2 aromatic rings. The first-order valence-electron chi connectivity index (χ1n) is 7.06. The molecule has 142 valence electrons. The summed E-state index contributed by atoms with van der Waals surface area (Å²) >= 11 is 0. The lowest BCUT2D eigenvalue weighted by atomic mass is 10.2. The van der Waals surface area contributed by atoms with Crippen molar-refractivity contribution in [2.75, 3.05) is 15.7 Å². The molecule has 0 spiro atoms. The molecule has 0 fully saturated rings. The zero-order valence-electron chi connectivity index (χ0n) is 13.6. The molecule has 6 nitrogen and oxygen atoms in total. The van der Waals surface area contributed by atoms with Crippen molar-refractivity contribution in [2.45, 2.75) is 18.0 Å². The van der Waals surface area contributed by atoms with Gasteiger partial charge >= 0.3 is 6.18 Å². The Bertz CT molecular complexity index is 1030. The Kier molecular flexibility index (Phi) is 5.24. The summed E-state index contributed by atoms with van der Waals surface area (Å²) in [5.74, 6) is 0. The van der Waals surface area contributed by atoms with E-state index in [0.717, 1.165) is 24.5 Å². The molecule has 0 atom stereocenters. The van der Waals surface area contributed by atoms with E-state index in [2.05, 4.69) is 9.44 Å². The molecule has 0 aliphatic carbocycles. The van der Waals surface area contributed by atoms with Crippen LogP contribution in [0.5, 0.6) is 0 Å². The number of sulfonamides is 2. The van der Waals surface area contributed by atoms with Crippen LogP contribution in [0, 0.1) is 6.92 Å². The highest BCUT2D eigenvalue weighted by atomic mass is 32.2. The van der Waals surface area contributed by atoms with Gasteiger partial charge in [0.05, 0.1) is 28.1 Å². The highest BCUT2D eigenvalue weighted by Gasteiger charge is 2.31. The van der Waals surface area contributed by atoms with E-state index in [4.69, 9.17) is 0 Å². The Morgan fingerprint density at radius 3 is 2.15 bits per heavy atom. The molecule has 0 saturated heterocycles. The van der Waals surface area contributed by atoms with Crippen LogP contribution in [0.15, 0.2) is 47.4 Å². The maximum absolute atomic E-state index is 12.8. The summed E-state index contributed by atoms with van der Waals surface area (Å²) in [7, 11) is -7.88. The van der Waals surface area contributed by atoms with E-state index in [1.807, 2.05) is 0 Å². The van der Waals surface area contributed by atoms with Crippen molar-refractivity contribution in [1.82, 2.24) is 0 Å². The largest absolute Gasteiger partial charge is 0.416 e. The Hall–Kier alpha value is -2.27. The Balaban J connectivity index is 2.37. The molecule has 2 rings (SSSR count). The first kappa shape index (κ1) is 20.0. The highest BCUT2D eigenvalue weighted by molar-refractivity contribution is 7.92. The SMILES string of the molecule is Cc1ccc(NS(=O)(=O)c2cccc(C(F)(F)F)c2)cc1NS(C)(=O)=O. The third kappa shape index (κ3) is 5.11. The van der Waals surface area contributed by atoms with Crippen LogP contribution in [0.25, 0.3) is 0 Å². The van der Waals surface area contributed by atoms with Gasteiger partial charge in [-0.25, -0.2) is 16.8 Å². The monoisotopic (exact) mass is 408 g/mol. The van der Waals surface area contributed by atoms with Crippen LogP contribution in [0.4, 0.5) is 24.5 Å². The van der Waals surface area contributed by atoms with Crippen molar-refractivity contribution in [2.24, 2.45) is 0 Å². The predicted molar refractivity (Wildman–Crippen MR) is 91.9 cm³/mol. The van der Waals surface area contributed by atoms with Gasteiger partial charge in [-0.15, -0.1) is 0 Å². The van der Waals surface area contributed by atoms with Gasteiger partial charge in [-0.1, -0.05) is 12.1 Å². The molecule has 0 aromatic heterocycles. The van der Waals surface area contributed by atoms with Gasteiger partial charge in [-0.2, -0.15) is 13.2 Å². The number of hydrogen-bond donors (Lipinski definition) is 2. The lowest BCUT2D eigenvalue weighted by Gasteiger charge is -2.13. The van der Waals surface area contributed by atoms with E-state index in [-0.39, 0.29) is 11.4 Å². The summed E-state index contributed by atoms with van der Waals surface area (Å²) < 4.78 is 90.0. The molecule has 26 heavy (non-hydrogen) atoms. The van der Waals surface area contributed by atoms with Crippen molar-refractivity contribution in [3.05, 3.63) is 53.6 Å². The summed E-state index contributed by atoms with van der Waals surface area (Å²) in [6.45, 7) is 1.61. The zero-order valence-corrected chi connectivity index (χ0v) is 15.3. The number of halogens is 3. The maximum Gasteiger partial charge on any atom is 0.416 e. The van der Waals surface area contributed by atoms with E-state index in [9.17, 15) is 30.0 Å². The van der Waals surface area contributed by atoms with Crippen LogP contribution in [-0.4, -0.2) is 23.1 Å². The average molecular weight is 408 g/mol. The van der Waals surface area contributed by atoms with Gasteiger partial charge < -0.3 is 0 Å². The van der Waals surface area contributed by atoms with Crippen molar-refractivity contribution < 1.29 is 30.0 Å². The minimum absolute atomic E-state index is 0.000776. The molecule has 0 aliphatic heterocycles. The van der Waals surface area contributed by atoms with Crippen LogP contribution in [0.1, 0.15) is 11.1 Å². The maximum atomic E-state index is 12.8. The average Bonchev–Trinajstić information content (AvgIpc) is 2.48. The summed E-state index contributed by atoms with van der Waals surface area (Å²) in [6.07, 6.45) is -3.74.